The van der Waals surface area contributed by atoms with E-state index in [4.69, 9.17) is 32.8 Å². The predicted octanol–water partition coefficient (Wildman–Crippen LogP) is -1.57. The molecule has 48 heavy (non-hydrogen) atoms. The number of carbonyl (C=O) groups is 1. The van der Waals surface area contributed by atoms with Gasteiger partial charge in [0.05, 0.1) is 25.3 Å². The summed E-state index contributed by atoms with van der Waals surface area (Å²) in [5.41, 5.74) is -0.0964. The van der Waals surface area contributed by atoms with Crippen LogP contribution in [0.5, 0.6) is 34.5 Å². The number of rotatable bonds is 9. The van der Waals surface area contributed by atoms with Crippen molar-refractivity contribution in [2.45, 2.75) is 68.3 Å². The molecule has 18 heteroatoms. The zero-order chi connectivity index (χ0) is 35.0. The molecule has 18 nitrogen and oxygen atoms in total. The van der Waals surface area contributed by atoms with Crippen molar-refractivity contribution < 1.29 is 88.7 Å². The second-order valence-corrected chi connectivity index (χ2v) is 11.1. The lowest BCUT2D eigenvalue weighted by Gasteiger charge is -2.40. The topological polar surface area (TPSA) is 286 Å². The maximum Gasteiger partial charge on any atom is 0.402 e. The number of phenolic OH excluding ortho intramolecular Hbond substituents is 3. The Morgan fingerprint density at radius 1 is 0.771 bits per heavy atom. The monoisotopic (exact) mass is 683 g/mol. The first-order chi connectivity index (χ1) is 22.7. The summed E-state index contributed by atoms with van der Waals surface area (Å²) < 4.78 is 38.8. The summed E-state index contributed by atoms with van der Waals surface area (Å²) >= 11 is 0. The maximum absolute atomic E-state index is 11.3. The summed E-state index contributed by atoms with van der Waals surface area (Å²) in [6.07, 6.45) is -16.8. The molecule has 5 rings (SSSR count). The number of ether oxygens (including phenoxy) is 6. The minimum absolute atomic E-state index is 0.000876. The lowest BCUT2D eigenvalue weighted by molar-refractivity contribution is -0.278. The second kappa shape index (κ2) is 14.1. The fraction of sp³-hybridized carbons (Fsp3) is 0.467. The number of phenols is 3. The first-order valence-corrected chi connectivity index (χ1v) is 14.4. The van der Waals surface area contributed by atoms with Crippen molar-refractivity contribution in [3.8, 4) is 45.8 Å². The summed E-state index contributed by atoms with van der Waals surface area (Å²) in [6.45, 7) is -0.146. The highest BCUT2D eigenvalue weighted by Crippen LogP contribution is 2.45. The zero-order valence-electron chi connectivity index (χ0n) is 25.3. The fourth-order valence-electron chi connectivity index (χ4n) is 5.20. The molecule has 0 unspecified atom stereocenters. The smallest absolute Gasteiger partial charge is 0.402 e. The molecule has 2 aliphatic heterocycles. The third kappa shape index (κ3) is 6.83. The Labute approximate surface area is 270 Å². The Hall–Kier alpha value is -4.24. The van der Waals surface area contributed by atoms with Crippen LogP contribution in [0.4, 0.5) is 0 Å². The van der Waals surface area contributed by atoms with Crippen molar-refractivity contribution in [3.05, 3.63) is 30.3 Å². The van der Waals surface area contributed by atoms with Gasteiger partial charge in [0.1, 0.15) is 72.3 Å². The summed E-state index contributed by atoms with van der Waals surface area (Å²) in [7, 11) is 1.22. The predicted molar refractivity (Wildman–Crippen MR) is 156 cm³/mol. The molecule has 3 aromatic rings. The van der Waals surface area contributed by atoms with Crippen LogP contribution >= 0.6 is 0 Å². The second-order valence-electron chi connectivity index (χ2n) is 11.1. The van der Waals surface area contributed by atoms with Gasteiger partial charge in [0, 0.05) is 31.2 Å². The molecule has 2 fully saturated rings. The van der Waals surface area contributed by atoms with E-state index in [0.717, 1.165) is 25.1 Å². The molecule has 3 heterocycles. The first kappa shape index (κ1) is 35.1. The highest BCUT2D eigenvalue weighted by atomic mass is 16.7. The van der Waals surface area contributed by atoms with Crippen LogP contribution in [0.3, 0.4) is 0 Å². The van der Waals surface area contributed by atoms with Gasteiger partial charge in [0.15, 0.2) is 11.5 Å². The van der Waals surface area contributed by atoms with E-state index in [1.807, 2.05) is 0 Å². The fourth-order valence-corrected chi connectivity index (χ4v) is 5.20. The van der Waals surface area contributed by atoms with Crippen LogP contribution in [0.25, 0.3) is 22.3 Å². The molecule has 0 radical (unpaired) electrons. The molecule has 262 valence electrons. The van der Waals surface area contributed by atoms with Crippen LogP contribution in [-0.2, 0) is 19.0 Å². The number of aliphatic hydroxyl groups excluding tert-OH is 7. The molecular weight excluding hydrogens is 648 g/mol. The van der Waals surface area contributed by atoms with Gasteiger partial charge in [-0.25, -0.2) is 4.42 Å². The van der Waals surface area contributed by atoms with E-state index >= 15 is 0 Å². The number of methoxy groups -OCH3 is 1. The highest BCUT2D eigenvalue weighted by Gasteiger charge is 2.47. The minimum atomic E-state index is -1.86. The van der Waals surface area contributed by atoms with E-state index < -0.39 is 97.8 Å². The standard InChI is InChI=1S/C30H34O18/c1-10(32)43-9-20-23(37)25(39)27(41)29(48-20)45-16-6-12(33)5-15-13(16)7-18(46-30-26(40)24(38)22(36)19(8-31)47-30)28(44-15)11-3-14(34)21(35)17(4-11)42-2/h3-7,19-20,22-27,29-31,36-41H,8-9H2,1-2H3,(H2-,33,34,35)/p+1/t19-,20-,22-,23-,24+,25+,26-,27-,29-,30-/m1/s1. The Bertz CT molecular complexity index is 1630. The molecule has 2 aliphatic rings. The Kier molecular flexibility index (Phi) is 10.3. The summed E-state index contributed by atoms with van der Waals surface area (Å²) in [4.78, 5) is 11.3. The average Bonchev–Trinajstić information content (AvgIpc) is 3.05. The van der Waals surface area contributed by atoms with Gasteiger partial charge in [0.2, 0.25) is 24.1 Å². The minimum Gasteiger partial charge on any atom is -0.507 e. The number of aromatic hydroxyl groups is 3. The van der Waals surface area contributed by atoms with Gasteiger partial charge in [-0.05, 0) is 0 Å². The number of carbonyl (C=O) groups excluding carboxylic acids is 1. The summed E-state index contributed by atoms with van der Waals surface area (Å²) in [5, 5.41) is 103. The average molecular weight is 684 g/mol. The molecule has 1 aromatic heterocycles. The molecule has 0 saturated carbocycles. The van der Waals surface area contributed by atoms with Crippen molar-refractivity contribution in [1.82, 2.24) is 0 Å². The Morgan fingerprint density at radius 3 is 1.98 bits per heavy atom. The highest BCUT2D eigenvalue weighted by molar-refractivity contribution is 5.89. The molecule has 0 aliphatic carbocycles. The van der Waals surface area contributed by atoms with E-state index in [1.54, 1.807) is 0 Å². The number of aliphatic hydroxyl groups is 7. The molecule has 2 saturated heterocycles. The zero-order valence-corrected chi connectivity index (χ0v) is 25.3. The van der Waals surface area contributed by atoms with Gasteiger partial charge >= 0.3 is 17.3 Å². The van der Waals surface area contributed by atoms with Crippen LogP contribution in [0.1, 0.15) is 6.92 Å². The Balaban J connectivity index is 1.61. The lowest BCUT2D eigenvalue weighted by atomic mass is 9.99. The number of fused-ring (bicyclic) bond motifs is 1. The molecule has 10 N–H and O–H groups in total. The largest absolute Gasteiger partial charge is 0.507 e. The number of hydrogen-bond acceptors (Lipinski definition) is 17. The van der Waals surface area contributed by atoms with Crippen molar-refractivity contribution in [1.29, 1.82) is 0 Å². The number of benzene rings is 2. The molecule has 2 aromatic carbocycles. The van der Waals surface area contributed by atoms with Gasteiger partial charge in [-0.1, -0.05) is 0 Å². The van der Waals surface area contributed by atoms with Crippen molar-refractivity contribution in [2.75, 3.05) is 20.3 Å². The first-order valence-electron chi connectivity index (χ1n) is 14.4. The molecule has 0 bridgehead atoms. The van der Waals surface area contributed by atoms with Gasteiger partial charge < -0.3 is 79.5 Å². The van der Waals surface area contributed by atoms with Crippen LogP contribution < -0.4 is 14.2 Å². The molecule has 0 amide bonds. The van der Waals surface area contributed by atoms with E-state index in [2.05, 4.69) is 0 Å². The van der Waals surface area contributed by atoms with Crippen LogP contribution in [0, 0.1) is 0 Å². The Morgan fingerprint density at radius 2 is 1.38 bits per heavy atom. The number of hydrogen-bond donors (Lipinski definition) is 10. The van der Waals surface area contributed by atoms with Gasteiger partial charge in [-0.3, -0.25) is 4.79 Å². The maximum atomic E-state index is 11.3. The third-order valence-corrected chi connectivity index (χ3v) is 7.79. The SMILES string of the molecule is COc1cc(-c2[o+]c3cc(O)cc(O[C@@H]4O[C@H](COC(C)=O)[C@@H](O)[C@H](O)[C@H]4O)c3cc2O[C@@H]2O[C@H](CO)[C@@H](O)[C@H](O)[C@H]2O)cc(O)c1O. The van der Waals surface area contributed by atoms with E-state index in [9.17, 15) is 55.9 Å². The van der Waals surface area contributed by atoms with E-state index in [1.165, 1.54) is 19.2 Å². The van der Waals surface area contributed by atoms with Gasteiger partial charge in [-0.2, -0.15) is 0 Å². The molecular formula is C30H35O18+. The normalized spacial score (nSPS) is 30.5. The van der Waals surface area contributed by atoms with Crippen LogP contribution in [0.15, 0.2) is 34.7 Å². The molecule has 0 spiro atoms. The quantitative estimate of drug-likeness (QED) is 0.0693. The van der Waals surface area contributed by atoms with Crippen LogP contribution in [0.2, 0.25) is 0 Å². The third-order valence-electron chi connectivity index (χ3n) is 7.79. The summed E-state index contributed by atoms with van der Waals surface area (Å²) in [5.74, 6) is -3.31. The number of esters is 1. The van der Waals surface area contributed by atoms with Crippen LogP contribution in [-0.4, -0.2) is 139 Å². The van der Waals surface area contributed by atoms with Crippen molar-refractivity contribution >= 4 is 16.9 Å². The van der Waals surface area contributed by atoms with E-state index in [-0.39, 0.29) is 39.5 Å². The van der Waals surface area contributed by atoms with Gasteiger partial charge in [-0.15, -0.1) is 0 Å². The summed E-state index contributed by atoms with van der Waals surface area (Å²) in [6, 6.07) is 5.81. The lowest BCUT2D eigenvalue weighted by Crippen LogP contribution is -2.60. The van der Waals surface area contributed by atoms with Crippen molar-refractivity contribution in [3.63, 3.8) is 0 Å². The van der Waals surface area contributed by atoms with E-state index in [0.29, 0.717) is 0 Å². The van der Waals surface area contributed by atoms with Gasteiger partial charge in [0.25, 0.3) is 0 Å². The molecule has 10 atom stereocenters. The van der Waals surface area contributed by atoms with Crippen molar-refractivity contribution in [2.24, 2.45) is 0 Å².